The van der Waals surface area contributed by atoms with Crippen molar-refractivity contribution in [2.45, 2.75) is 20.8 Å². The molecule has 0 radical (unpaired) electrons. The second kappa shape index (κ2) is 9.14. The average molecular weight is 356 g/mol. The van der Waals surface area contributed by atoms with Gasteiger partial charge < -0.3 is 18.5 Å². The Morgan fingerprint density at radius 3 is 2.17 bits per heavy atom. The first-order chi connectivity index (χ1) is 11.2. The maximum Gasteiger partial charge on any atom is 0.341 e. The van der Waals surface area contributed by atoms with Gasteiger partial charge in [-0.2, -0.15) is 0 Å². The van der Waals surface area contributed by atoms with Gasteiger partial charge in [0.05, 0.1) is 24.9 Å². The third kappa shape index (κ3) is 5.87. The van der Waals surface area contributed by atoms with Gasteiger partial charge in [-0.1, -0.05) is 24.3 Å². The lowest BCUT2D eigenvalue weighted by Gasteiger charge is -2.14. The number of aryl methyl sites for hydroxylation is 3. The third-order valence-electron chi connectivity index (χ3n) is 3.43. The Labute approximate surface area is 143 Å². The van der Waals surface area contributed by atoms with Gasteiger partial charge in [-0.15, -0.1) is 0 Å². The molecule has 24 heavy (non-hydrogen) atoms. The Morgan fingerprint density at radius 1 is 1.12 bits per heavy atom. The molecule has 0 aliphatic heterocycles. The molecular formula is C17H25O6P. The Bertz CT molecular complexity index is 621. The highest BCUT2D eigenvalue weighted by molar-refractivity contribution is 7.53. The van der Waals surface area contributed by atoms with Gasteiger partial charge in [0.2, 0.25) is 0 Å². The molecule has 0 bridgehead atoms. The standard InChI is InChI=1S/C17H25O6P/c1-12-9-13(2)16(14(3)10-12)23-17(18)15(4)11-22-7-8-24(19,20-5)21-6/h9-10H,4,7-8,11H2,1-3,5-6H3. The number of hydrogen-bond donors (Lipinski definition) is 0. The Kier molecular flexibility index (Phi) is 7.84. The molecule has 0 atom stereocenters. The number of rotatable bonds is 9. The maximum absolute atomic E-state index is 12.1. The lowest BCUT2D eigenvalue weighted by molar-refractivity contribution is -0.130. The average Bonchev–Trinajstić information content (AvgIpc) is 2.54. The van der Waals surface area contributed by atoms with Crippen molar-refractivity contribution in [3.63, 3.8) is 0 Å². The minimum absolute atomic E-state index is 0.0176. The molecule has 0 N–H and O–H groups in total. The van der Waals surface area contributed by atoms with Crippen LogP contribution in [0.25, 0.3) is 0 Å². The van der Waals surface area contributed by atoms with Gasteiger partial charge in [0.1, 0.15) is 5.75 Å². The highest BCUT2D eigenvalue weighted by Gasteiger charge is 2.21. The van der Waals surface area contributed by atoms with E-state index in [-0.39, 0.29) is 24.9 Å². The Balaban J connectivity index is 2.52. The molecule has 0 amide bonds. The van der Waals surface area contributed by atoms with E-state index in [2.05, 4.69) is 6.58 Å². The number of hydrogen-bond acceptors (Lipinski definition) is 6. The number of benzene rings is 1. The number of esters is 1. The van der Waals surface area contributed by atoms with E-state index in [0.29, 0.717) is 5.75 Å². The summed E-state index contributed by atoms with van der Waals surface area (Å²) in [4.78, 5) is 12.1. The molecule has 0 aliphatic carbocycles. The largest absolute Gasteiger partial charge is 0.423 e. The van der Waals surface area contributed by atoms with E-state index in [1.807, 2.05) is 32.9 Å². The lowest BCUT2D eigenvalue weighted by Crippen LogP contribution is -2.17. The van der Waals surface area contributed by atoms with Crippen LogP contribution in [0, 0.1) is 20.8 Å². The van der Waals surface area contributed by atoms with Crippen molar-refractivity contribution in [2.75, 3.05) is 33.6 Å². The topological polar surface area (TPSA) is 71.1 Å². The molecular weight excluding hydrogens is 331 g/mol. The first-order valence-corrected chi connectivity index (χ1v) is 9.21. The molecule has 0 saturated heterocycles. The summed E-state index contributed by atoms with van der Waals surface area (Å²) in [6.07, 6.45) is 0.0957. The quantitative estimate of drug-likeness (QED) is 0.221. The van der Waals surface area contributed by atoms with Gasteiger partial charge in [0, 0.05) is 14.2 Å². The van der Waals surface area contributed by atoms with Crippen molar-refractivity contribution >= 4 is 13.6 Å². The van der Waals surface area contributed by atoms with E-state index in [9.17, 15) is 9.36 Å². The molecule has 134 valence electrons. The zero-order chi connectivity index (χ0) is 18.3. The lowest BCUT2D eigenvalue weighted by atomic mass is 10.1. The summed E-state index contributed by atoms with van der Waals surface area (Å²) in [6.45, 7) is 9.52. The van der Waals surface area contributed by atoms with Crippen molar-refractivity contribution < 1.29 is 27.9 Å². The fourth-order valence-corrected chi connectivity index (χ4v) is 3.05. The molecule has 0 unspecified atom stereocenters. The van der Waals surface area contributed by atoms with Crippen molar-refractivity contribution in [2.24, 2.45) is 0 Å². The van der Waals surface area contributed by atoms with Crippen LogP contribution in [0.5, 0.6) is 5.75 Å². The molecule has 0 aliphatic rings. The molecule has 6 nitrogen and oxygen atoms in total. The van der Waals surface area contributed by atoms with E-state index in [1.165, 1.54) is 14.2 Å². The maximum atomic E-state index is 12.1. The van der Waals surface area contributed by atoms with Crippen LogP contribution in [0.3, 0.4) is 0 Å². The fraction of sp³-hybridized carbons (Fsp3) is 0.471. The van der Waals surface area contributed by atoms with Crippen molar-refractivity contribution in [1.82, 2.24) is 0 Å². The zero-order valence-electron chi connectivity index (χ0n) is 14.9. The summed E-state index contributed by atoms with van der Waals surface area (Å²) < 4.78 is 32.1. The summed E-state index contributed by atoms with van der Waals surface area (Å²) >= 11 is 0. The summed E-state index contributed by atoms with van der Waals surface area (Å²) in [5.74, 6) is -0.0123. The molecule has 1 rings (SSSR count). The zero-order valence-corrected chi connectivity index (χ0v) is 15.8. The second-order valence-electron chi connectivity index (χ2n) is 5.47. The third-order valence-corrected chi connectivity index (χ3v) is 5.27. The fourth-order valence-electron chi connectivity index (χ4n) is 2.18. The van der Waals surface area contributed by atoms with Crippen LogP contribution >= 0.6 is 7.60 Å². The summed E-state index contributed by atoms with van der Waals surface area (Å²) in [5, 5.41) is 0. The van der Waals surface area contributed by atoms with Crippen LogP contribution in [-0.2, 0) is 23.1 Å². The highest BCUT2D eigenvalue weighted by atomic mass is 31.2. The molecule has 0 spiro atoms. The van der Waals surface area contributed by atoms with Crippen LogP contribution in [0.4, 0.5) is 0 Å². The van der Waals surface area contributed by atoms with Gasteiger partial charge in [-0.25, -0.2) is 4.79 Å². The second-order valence-corrected chi connectivity index (χ2v) is 7.87. The summed E-state index contributed by atoms with van der Waals surface area (Å²) in [6, 6.07) is 3.89. The van der Waals surface area contributed by atoms with Crippen LogP contribution in [0.2, 0.25) is 0 Å². The molecule has 1 aromatic carbocycles. The molecule has 0 aromatic heterocycles. The minimum atomic E-state index is -3.11. The van der Waals surface area contributed by atoms with E-state index < -0.39 is 13.6 Å². The predicted octanol–water partition coefficient (Wildman–Crippen LogP) is 3.58. The Morgan fingerprint density at radius 2 is 1.67 bits per heavy atom. The molecule has 0 fully saturated rings. The SMILES string of the molecule is C=C(COCCP(=O)(OC)OC)C(=O)Oc1c(C)cc(C)cc1C. The van der Waals surface area contributed by atoms with Gasteiger partial charge in [0.25, 0.3) is 0 Å². The van der Waals surface area contributed by atoms with E-state index in [1.54, 1.807) is 0 Å². The van der Waals surface area contributed by atoms with Gasteiger partial charge in [-0.05, 0) is 31.9 Å². The molecule has 0 heterocycles. The molecule has 1 aromatic rings. The van der Waals surface area contributed by atoms with Crippen molar-refractivity contribution in [3.8, 4) is 5.75 Å². The first kappa shape index (κ1) is 20.6. The van der Waals surface area contributed by atoms with E-state index in [4.69, 9.17) is 18.5 Å². The minimum Gasteiger partial charge on any atom is -0.423 e. The molecule has 7 heteroatoms. The predicted molar refractivity (Wildman–Crippen MR) is 92.7 cm³/mol. The summed E-state index contributed by atoms with van der Waals surface area (Å²) in [5.41, 5.74) is 3.05. The normalized spacial score (nSPS) is 11.4. The Hall–Kier alpha value is -1.46. The van der Waals surface area contributed by atoms with Crippen LogP contribution in [0.1, 0.15) is 16.7 Å². The number of carbonyl (C=O) groups is 1. The number of ether oxygens (including phenoxy) is 2. The van der Waals surface area contributed by atoms with Crippen LogP contribution < -0.4 is 4.74 Å². The van der Waals surface area contributed by atoms with Gasteiger partial charge in [0.15, 0.2) is 0 Å². The monoisotopic (exact) mass is 356 g/mol. The van der Waals surface area contributed by atoms with Gasteiger partial charge >= 0.3 is 13.6 Å². The smallest absolute Gasteiger partial charge is 0.341 e. The van der Waals surface area contributed by atoms with Crippen LogP contribution in [-0.4, -0.2) is 39.6 Å². The first-order valence-electron chi connectivity index (χ1n) is 7.48. The summed E-state index contributed by atoms with van der Waals surface area (Å²) in [7, 11) is -0.484. The van der Waals surface area contributed by atoms with E-state index >= 15 is 0 Å². The van der Waals surface area contributed by atoms with Crippen molar-refractivity contribution in [3.05, 3.63) is 41.0 Å². The van der Waals surface area contributed by atoms with Crippen molar-refractivity contribution in [1.29, 1.82) is 0 Å². The number of carbonyl (C=O) groups excluding carboxylic acids is 1. The van der Waals surface area contributed by atoms with E-state index in [0.717, 1.165) is 16.7 Å². The van der Waals surface area contributed by atoms with Crippen LogP contribution in [0.15, 0.2) is 24.3 Å². The van der Waals surface area contributed by atoms with Gasteiger partial charge in [-0.3, -0.25) is 4.57 Å². The molecule has 0 saturated carbocycles. The highest BCUT2D eigenvalue weighted by Crippen LogP contribution is 2.45.